The van der Waals surface area contributed by atoms with Crippen LogP contribution in [-0.4, -0.2) is 28.7 Å². The molecule has 2 aromatic rings. The molecule has 114 valence electrons. The van der Waals surface area contributed by atoms with Crippen LogP contribution in [0.3, 0.4) is 0 Å². The van der Waals surface area contributed by atoms with Crippen LogP contribution in [0.5, 0.6) is 0 Å². The summed E-state index contributed by atoms with van der Waals surface area (Å²) in [6.07, 6.45) is -4.53. The number of nitrogens with two attached hydrogens (primary N) is 1. The molecule has 0 saturated carbocycles. The quantitative estimate of drug-likeness (QED) is 0.879. The van der Waals surface area contributed by atoms with E-state index >= 15 is 0 Å². The number of fused-ring (bicyclic) bond motifs is 1. The molecule has 0 aliphatic carbocycles. The maximum absolute atomic E-state index is 12.7. The van der Waals surface area contributed by atoms with Crippen molar-refractivity contribution in [2.75, 3.05) is 13.2 Å². The third-order valence-corrected chi connectivity index (χ3v) is 2.89. The third kappa shape index (κ3) is 2.99. The number of halogens is 3. The monoisotopic (exact) mass is 301 g/mol. The molecule has 0 unspecified atom stereocenters. The van der Waals surface area contributed by atoms with Crippen molar-refractivity contribution in [3.05, 3.63) is 29.6 Å². The molecule has 2 rings (SSSR count). The number of rotatable bonds is 4. The number of nitrogens with zero attached hydrogens (tertiary/aromatic N) is 2. The highest BCUT2D eigenvalue weighted by molar-refractivity contribution is 5.94. The number of esters is 1. The highest BCUT2D eigenvalue weighted by atomic mass is 19.4. The van der Waals surface area contributed by atoms with Crippen LogP contribution in [0, 0.1) is 0 Å². The fourth-order valence-corrected chi connectivity index (χ4v) is 2.04. The summed E-state index contributed by atoms with van der Waals surface area (Å²) in [4.78, 5) is 15.4. The van der Waals surface area contributed by atoms with E-state index in [4.69, 9.17) is 10.5 Å². The van der Waals surface area contributed by atoms with Gasteiger partial charge in [0.2, 0.25) is 0 Å². The van der Waals surface area contributed by atoms with Gasteiger partial charge in [0, 0.05) is 13.1 Å². The van der Waals surface area contributed by atoms with Crippen LogP contribution in [-0.2, 0) is 17.5 Å². The number of hydrogen-bond donors (Lipinski definition) is 1. The first-order valence-electron chi connectivity index (χ1n) is 6.33. The first kappa shape index (κ1) is 15.3. The van der Waals surface area contributed by atoms with Crippen LogP contribution in [0.15, 0.2) is 18.2 Å². The summed E-state index contributed by atoms with van der Waals surface area (Å²) in [6.45, 7) is 2.33. The maximum atomic E-state index is 12.7. The van der Waals surface area contributed by atoms with E-state index in [0.717, 1.165) is 6.07 Å². The lowest BCUT2D eigenvalue weighted by Gasteiger charge is -2.09. The van der Waals surface area contributed by atoms with Crippen molar-refractivity contribution in [1.82, 2.24) is 9.55 Å². The highest BCUT2D eigenvalue weighted by Gasteiger charge is 2.33. The molecule has 0 saturated heterocycles. The largest absolute Gasteiger partial charge is 0.461 e. The molecule has 2 aromatic heterocycles. The van der Waals surface area contributed by atoms with Gasteiger partial charge in [-0.15, -0.1) is 0 Å². The predicted octanol–water partition coefficient (Wildman–Crippen LogP) is 2.19. The van der Waals surface area contributed by atoms with Crippen molar-refractivity contribution in [1.29, 1.82) is 0 Å². The second-order valence-electron chi connectivity index (χ2n) is 4.29. The first-order valence-corrected chi connectivity index (χ1v) is 6.33. The van der Waals surface area contributed by atoms with Gasteiger partial charge in [0.1, 0.15) is 11.4 Å². The fourth-order valence-electron chi connectivity index (χ4n) is 2.04. The van der Waals surface area contributed by atoms with Crippen LogP contribution in [0.2, 0.25) is 0 Å². The number of ether oxygens (including phenoxy) is 1. The van der Waals surface area contributed by atoms with Gasteiger partial charge in [-0.3, -0.25) is 0 Å². The molecular formula is C13H14F3N3O2. The lowest BCUT2D eigenvalue weighted by atomic mass is 10.3. The van der Waals surface area contributed by atoms with E-state index in [1.54, 1.807) is 6.92 Å². The van der Waals surface area contributed by atoms with Crippen molar-refractivity contribution in [2.45, 2.75) is 19.6 Å². The third-order valence-electron chi connectivity index (χ3n) is 2.89. The standard InChI is InChI=1S/C13H14F3N3O2/c1-2-21-12(20)10-7-8-9(19(10)6-5-17)3-4-11(18-8)13(14,15)16/h3-4,7H,2,5-6,17H2,1H3. The highest BCUT2D eigenvalue weighted by Crippen LogP contribution is 2.30. The summed E-state index contributed by atoms with van der Waals surface area (Å²) in [5, 5.41) is 0. The Kier molecular flexibility index (Phi) is 4.17. The lowest BCUT2D eigenvalue weighted by molar-refractivity contribution is -0.140. The summed E-state index contributed by atoms with van der Waals surface area (Å²) in [6, 6.07) is 3.45. The number of carbonyl (C=O) groups excluding carboxylic acids is 1. The Morgan fingerprint density at radius 2 is 2.14 bits per heavy atom. The maximum Gasteiger partial charge on any atom is 0.433 e. The van der Waals surface area contributed by atoms with Gasteiger partial charge in [0.25, 0.3) is 0 Å². The minimum Gasteiger partial charge on any atom is -0.461 e. The van der Waals surface area contributed by atoms with Crippen molar-refractivity contribution in [3.63, 3.8) is 0 Å². The van der Waals surface area contributed by atoms with Crippen LogP contribution < -0.4 is 5.73 Å². The van der Waals surface area contributed by atoms with Gasteiger partial charge in [-0.25, -0.2) is 9.78 Å². The fraction of sp³-hybridized carbons (Fsp3) is 0.385. The summed E-state index contributed by atoms with van der Waals surface area (Å²) in [5.41, 5.74) is 5.12. The minimum atomic E-state index is -4.53. The summed E-state index contributed by atoms with van der Waals surface area (Å²) in [7, 11) is 0. The smallest absolute Gasteiger partial charge is 0.433 e. The zero-order chi connectivity index (χ0) is 15.6. The normalized spacial score (nSPS) is 11.9. The average Bonchev–Trinajstić information content (AvgIpc) is 2.77. The zero-order valence-corrected chi connectivity index (χ0v) is 11.3. The molecule has 2 heterocycles. The van der Waals surface area contributed by atoms with E-state index in [0.29, 0.717) is 5.52 Å². The number of carbonyl (C=O) groups is 1. The first-order chi connectivity index (χ1) is 9.88. The van der Waals surface area contributed by atoms with E-state index in [2.05, 4.69) is 4.98 Å². The van der Waals surface area contributed by atoms with Crippen molar-refractivity contribution < 1.29 is 22.7 Å². The van der Waals surface area contributed by atoms with E-state index in [1.807, 2.05) is 0 Å². The molecule has 0 amide bonds. The Labute approximate surface area is 118 Å². The molecule has 0 aliphatic heterocycles. The molecule has 0 aromatic carbocycles. The molecule has 8 heteroatoms. The Bertz CT molecular complexity index is 664. The summed E-state index contributed by atoms with van der Waals surface area (Å²) < 4.78 is 44.4. The van der Waals surface area contributed by atoms with E-state index in [9.17, 15) is 18.0 Å². The van der Waals surface area contributed by atoms with Gasteiger partial charge in [0.05, 0.1) is 17.6 Å². The topological polar surface area (TPSA) is 70.1 Å². The lowest BCUT2D eigenvalue weighted by Crippen LogP contribution is -2.16. The van der Waals surface area contributed by atoms with Crippen molar-refractivity contribution in [3.8, 4) is 0 Å². The Balaban J connectivity index is 2.58. The van der Waals surface area contributed by atoms with Crippen LogP contribution >= 0.6 is 0 Å². The Hall–Kier alpha value is -2.09. The van der Waals surface area contributed by atoms with E-state index in [1.165, 1.54) is 16.7 Å². The number of hydrogen-bond acceptors (Lipinski definition) is 4. The Morgan fingerprint density at radius 3 is 2.71 bits per heavy atom. The van der Waals surface area contributed by atoms with Crippen LogP contribution in [0.25, 0.3) is 11.0 Å². The molecular weight excluding hydrogens is 287 g/mol. The van der Waals surface area contributed by atoms with Crippen LogP contribution in [0.1, 0.15) is 23.1 Å². The second kappa shape index (κ2) is 5.72. The molecule has 0 fully saturated rings. The van der Waals surface area contributed by atoms with Crippen LogP contribution in [0.4, 0.5) is 13.2 Å². The van der Waals surface area contributed by atoms with Gasteiger partial charge in [-0.2, -0.15) is 13.2 Å². The van der Waals surface area contributed by atoms with Crippen molar-refractivity contribution >= 4 is 17.0 Å². The summed E-state index contributed by atoms with van der Waals surface area (Å²) in [5.74, 6) is -0.613. The van der Waals surface area contributed by atoms with Gasteiger partial charge in [0.15, 0.2) is 0 Å². The summed E-state index contributed by atoms with van der Waals surface area (Å²) >= 11 is 0. The molecule has 0 aliphatic rings. The predicted molar refractivity (Wildman–Crippen MR) is 69.7 cm³/mol. The van der Waals surface area contributed by atoms with E-state index < -0.39 is 17.8 Å². The molecule has 21 heavy (non-hydrogen) atoms. The van der Waals surface area contributed by atoms with Gasteiger partial charge >= 0.3 is 12.1 Å². The molecule has 0 spiro atoms. The van der Waals surface area contributed by atoms with Gasteiger partial charge < -0.3 is 15.0 Å². The van der Waals surface area contributed by atoms with Gasteiger partial charge in [-0.1, -0.05) is 0 Å². The number of alkyl halides is 3. The Morgan fingerprint density at radius 1 is 1.43 bits per heavy atom. The van der Waals surface area contributed by atoms with Crippen molar-refractivity contribution in [2.24, 2.45) is 5.73 Å². The SMILES string of the molecule is CCOC(=O)c1cc2nc(C(F)(F)F)ccc2n1CCN. The molecule has 0 atom stereocenters. The molecule has 2 N–H and O–H groups in total. The van der Waals surface area contributed by atoms with Gasteiger partial charge in [-0.05, 0) is 25.1 Å². The minimum absolute atomic E-state index is 0.0846. The molecule has 0 radical (unpaired) electrons. The van der Waals surface area contributed by atoms with E-state index in [-0.39, 0.29) is 30.9 Å². The number of aromatic nitrogens is 2. The molecule has 0 bridgehead atoms. The zero-order valence-electron chi connectivity index (χ0n) is 11.3. The second-order valence-corrected chi connectivity index (χ2v) is 4.29. The molecule has 5 nitrogen and oxygen atoms in total. The number of pyridine rings is 1. The average molecular weight is 301 g/mol.